The van der Waals surface area contributed by atoms with Gasteiger partial charge in [0.15, 0.2) is 0 Å². The number of aromatic hydroxyl groups is 4. The van der Waals surface area contributed by atoms with Crippen molar-refractivity contribution in [3.8, 4) is 23.0 Å². The summed E-state index contributed by atoms with van der Waals surface area (Å²) in [7, 11) is 0. The molecule has 0 aliphatic carbocycles. The first kappa shape index (κ1) is 23.9. The molecule has 0 aliphatic rings. The van der Waals surface area contributed by atoms with E-state index >= 15 is 0 Å². The summed E-state index contributed by atoms with van der Waals surface area (Å²) >= 11 is 0. The van der Waals surface area contributed by atoms with E-state index in [9.17, 15) is 20.4 Å². The number of unbranched alkanes of at least 4 members (excludes halogenated alkanes) is 9. The molecule has 30 heavy (non-hydrogen) atoms. The summed E-state index contributed by atoms with van der Waals surface area (Å²) < 4.78 is 0. The van der Waals surface area contributed by atoms with Crippen LogP contribution in [0.15, 0.2) is 24.3 Å². The molecule has 0 unspecified atom stereocenters. The number of hydrogen-bond acceptors (Lipinski definition) is 4. The predicted molar refractivity (Wildman–Crippen MR) is 123 cm³/mol. The van der Waals surface area contributed by atoms with E-state index in [-0.39, 0.29) is 23.0 Å². The molecule has 4 nitrogen and oxygen atoms in total. The normalized spacial score (nSPS) is 11.1. The van der Waals surface area contributed by atoms with Gasteiger partial charge in [0.05, 0.1) is 0 Å². The minimum Gasteiger partial charge on any atom is -0.508 e. The molecule has 2 aromatic carbocycles. The lowest BCUT2D eigenvalue weighted by Crippen LogP contribution is -1.89. The molecule has 0 spiro atoms. The molecule has 0 fully saturated rings. The first-order valence-electron chi connectivity index (χ1n) is 11.4. The molecule has 0 aliphatic heterocycles. The molecule has 4 N–H and O–H groups in total. The second kappa shape index (κ2) is 12.4. The Labute approximate surface area is 181 Å². The van der Waals surface area contributed by atoms with Gasteiger partial charge in [-0.05, 0) is 74.9 Å². The number of phenolic OH excluding ortho intramolecular Hbond substituents is 4. The first-order valence-corrected chi connectivity index (χ1v) is 11.4. The van der Waals surface area contributed by atoms with Crippen LogP contribution >= 0.6 is 0 Å². The minimum atomic E-state index is 0.181. The van der Waals surface area contributed by atoms with Crippen LogP contribution in [0.3, 0.4) is 0 Å². The highest BCUT2D eigenvalue weighted by atomic mass is 16.3. The van der Waals surface area contributed by atoms with Crippen molar-refractivity contribution >= 4 is 0 Å². The zero-order valence-corrected chi connectivity index (χ0v) is 18.6. The molecule has 2 rings (SSSR count). The Hall–Kier alpha value is -2.36. The lowest BCUT2D eigenvalue weighted by Gasteiger charge is -2.07. The third kappa shape index (κ3) is 7.81. The maximum atomic E-state index is 9.77. The van der Waals surface area contributed by atoms with Gasteiger partial charge in [-0.25, -0.2) is 0 Å². The van der Waals surface area contributed by atoms with Crippen LogP contribution < -0.4 is 0 Å². The highest BCUT2D eigenvalue weighted by Crippen LogP contribution is 2.29. The Morgan fingerprint density at radius 1 is 0.433 bits per heavy atom. The molecule has 0 saturated heterocycles. The number of hydrogen-bond donors (Lipinski definition) is 4. The van der Waals surface area contributed by atoms with Crippen LogP contribution in [0, 0.1) is 13.8 Å². The fourth-order valence-electron chi connectivity index (χ4n) is 3.84. The lowest BCUT2D eigenvalue weighted by atomic mass is 10.0. The predicted octanol–water partition coefficient (Wildman–Crippen LogP) is 6.81. The zero-order chi connectivity index (χ0) is 21.9. The van der Waals surface area contributed by atoms with Crippen molar-refractivity contribution in [2.75, 3.05) is 0 Å². The van der Waals surface area contributed by atoms with E-state index in [1.165, 1.54) is 51.4 Å². The Bertz CT molecular complexity index is 684. The van der Waals surface area contributed by atoms with Gasteiger partial charge in [0.25, 0.3) is 0 Å². The van der Waals surface area contributed by atoms with E-state index in [2.05, 4.69) is 0 Å². The van der Waals surface area contributed by atoms with Gasteiger partial charge in [-0.15, -0.1) is 0 Å². The molecule has 166 valence electrons. The molecule has 2 aromatic rings. The van der Waals surface area contributed by atoms with Crippen molar-refractivity contribution in [3.05, 3.63) is 46.5 Å². The summed E-state index contributed by atoms with van der Waals surface area (Å²) in [5.74, 6) is 0.723. The summed E-state index contributed by atoms with van der Waals surface area (Å²) in [6, 6.07) is 7.05. The number of rotatable bonds is 13. The largest absolute Gasteiger partial charge is 0.508 e. The van der Waals surface area contributed by atoms with Gasteiger partial charge in [0, 0.05) is 11.1 Å². The highest BCUT2D eigenvalue weighted by Gasteiger charge is 2.06. The summed E-state index contributed by atoms with van der Waals surface area (Å²) in [4.78, 5) is 0. The minimum absolute atomic E-state index is 0.181. The number of benzene rings is 2. The maximum absolute atomic E-state index is 9.77. The van der Waals surface area contributed by atoms with Crippen LogP contribution in [-0.4, -0.2) is 20.4 Å². The van der Waals surface area contributed by atoms with Crippen LogP contribution in [0.4, 0.5) is 0 Å². The van der Waals surface area contributed by atoms with E-state index in [1.807, 2.05) is 0 Å². The summed E-state index contributed by atoms with van der Waals surface area (Å²) in [5.41, 5.74) is 3.11. The Balaban J connectivity index is 1.44. The van der Waals surface area contributed by atoms with E-state index in [4.69, 9.17) is 0 Å². The van der Waals surface area contributed by atoms with Crippen molar-refractivity contribution in [2.45, 2.75) is 90.9 Å². The van der Waals surface area contributed by atoms with Gasteiger partial charge in [-0.1, -0.05) is 51.4 Å². The smallest absolute Gasteiger partial charge is 0.122 e. The summed E-state index contributed by atoms with van der Waals surface area (Å²) in [6.45, 7) is 3.44. The fourth-order valence-corrected chi connectivity index (χ4v) is 3.84. The molecule has 0 radical (unpaired) electrons. The molecular weight excluding hydrogens is 376 g/mol. The SMILES string of the molecule is Cc1c(O)cc(CCCCCCCCCCCCc2cc(O)c(C)c(O)c2)cc1O. The standard InChI is InChI=1S/C26H38O4/c1-19-23(27)15-21(16-24(19)28)13-11-9-7-5-3-4-6-8-10-12-14-22-17-25(29)20(2)26(30)18-22/h15-18,27-30H,3-14H2,1-2H3. The van der Waals surface area contributed by atoms with Gasteiger partial charge >= 0.3 is 0 Å². The summed E-state index contributed by atoms with van der Waals surface area (Å²) in [5, 5.41) is 39.1. The molecule has 0 bridgehead atoms. The van der Waals surface area contributed by atoms with Gasteiger partial charge in [-0.3, -0.25) is 0 Å². The third-order valence-corrected chi connectivity index (χ3v) is 6.01. The van der Waals surface area contributed by atoms with Crippen molar-refractivity contribution in [2.24, 2.45) is 0 Å². The van der Waals surface area contributed by atoms with E-state index in [0.717, 1.165) is 36.8 Å². The summed E-state index contributed by atoms with van der Waals surface area (Å²) in [6.07, 6.45) is 13.9. The fraction of sp³-hybridized carbons (Fsp3) is 0.538. The Morgan fingerprint density at radius 2 is 0.667 bits per heavy atom. The molecule has 0 saturated carbocycles. The van der Waals surface area contributed by atoms with Crippen LogP contribution in [0.5, 0.6) is 23.0 Å². The van der Waals surface area contributed by atoms with Crippen molar-refractivity contribution in [1.82, 2.24) is 0 Å². The van der Waals surface area contributed by atoms with E-state index < -0.39 is 0 Å². The quantitative estimate of drug-likeness (QED) is 0.271. The van der Waals surface area contributed by atoms with E-state index in [0.29, 0.717) is 11.1 Å². The van der Waals surface area contributed by atoms with Crippen LogP contribution in [0.1, 0.15) is 86.5 Å². The van der Waals surface area contributed by atoms with Crippen LogP contribution in [0.25, 0.3) is 0 Å². The average Bonchev–Trinajstić information content (AvgIpc) is 2.70. The van der Waals surface area contributed by atoms with E-state index in [1.54, 1.807) is 38.1 Å². The van der Waals surface area contributed by atoms with Crippen molar-refractivity contribution in [1.29, 1.82) is 0 Å². The molecule has 4 heteroatoms. The number of aryl methyl sites for hydroxylation is 2. The zero-order valence-electron chi connectivity index (χ0n) is 18.6. The molecule has 0 heterocycles. The Kier molecular flexibility index (Phi) is 9.85. The first-order chi connectivity index (χ1) is 14.4. The van der Waals surface area contributed by atoms with Gasteiger partial charge in [0.1, 0.15) is 23.0 Å². The second-order valence-electron chi connectivity index (χ2n) is 8.55. The maximum Gasteiger partial charge on any atom is 0.122 e. The number of phenols is 4. The van der Waals surface area contributed by atoms with Crippen molar-refractivity contribution in [3.63, 3.8) is 0 Å². The van der Waals surface area contributed by atoms with Gasteiger partial charge in [-0.2, -0.15) is 0 Å². The third-order valence-electron chi connectivity index (χ3n) is 6.01. The topological polar surface area (TPSA) is 80.9 Å². The second-order valence-corrected chi connectivity index (χ2v) is 8.55. The molecular formula is C26H38O4. The van der Waals surface area contributed by atoms with Gasteiger partial charge < -0.3 is 20.4 Å². The average molecular weight is 415 g/mol. The molecule has 0 amide bonds. The van der Waals surface area contributed by atoms with Gasteiger partial charge in [0.2, 0.25) is 0 Å². The van der Waals surface area contributed by atoms with Crippen LogP contribution in [0.2, 0.25) is 0 Å². The van der Waals surface area contributed by atoms with Crippen LogP contribution in [-0.2, 0) is 12.8 Å². The Morgan fingerprint density at radius 3 is 0.933 bits per heavy atom. The molecule has 0 aromatic heterocycles. The highest BCUT2D eigenvalue weighted by molar-refractivity contribution is 5.46. The van der Waals surface area contributed by atoms with Crippen molar-refractivity contribution < 1.29 is 20.4 Å². The molecule has 0 atom stereocenters. The monoisotopic (exact) mass is 414 g/mol. The lowest BCUT2D eigenvalue weighted by molar-refractivity contribution is 0.440.